The van der Waals surface area contributed by atoms with E-state index >= 15 is 0 Å². The van der Waals surface area contributed by atoms with E-state index in [1.807, 2.05) is 41.3 Å². The molecular formula is C27H27ClF3N7O5. The third kappa shape index (κ3) is 7.06. The maximum Gasteiger partial charge on any atom is 0.490 e. The number of anilines is 1. The van der Waals surface area contributed by atoms with Crippen molar-refractivity contribution in [1.82, 2.24) is 24.0 Å². The summed E-state index contributed by atoms with van der Waals surface area (Å²) >= 11 is 6.58. The molecule has 1 fully saturated rings. The highest BCUT2D eigenvalue weighted by Crippen LogP contribution is 2.29. The number of carboxylic acid groups (broad SMARTS) is 1. The molecule has 0 aliphatic carbocycles. The molecule has 1 aliphatic heterocycles. The molecule has 0 bridgehead atoms. The Morgan fingerprint density at radius 3 is 2.19 bits per heavy atom. The number of halogens is 4. The number of amides is 1. The topological polar surface area (TPSA) is 157 Å². The zero-order chi connectivity index (χ0) is 31.3. The number of primary amides is 1. The average Bonchev–Trinajstić information content (AvgIpc) is 3.37. The van der Waals surface area contributed by atoms with E-state index in [9.17, 15) is 27.6 Å². The summed E-state index contributed by atoms with van der Waals surface area (Å²) in [6, 6.07) is 16.7. The van der Waals surface area contributed by atoms with Gasteiger partial charge in [0.1, 0.15) is 6.54 Å². The second-order valence-electron chi connectivity index (χ2n) is 9.44. The molecule has 0 unspecified atom stereocenters. The summed E-state index contributed by atoms with van der Waals surface area (Å²) in [7, 11) is 0. The van der Waals surface area contributed by atoms with Crippen molar-refractivity contribution in [2.75, 3.05) is 31.1 Å². The number of hydrogen-bond donors (Lipinski definition) is 3. The fourth-order valence-corrected chi connectivity index (χ4v) is 4.77. The second kappa shape index (κ2) is 13.1. The van der Waals surface area contributed by atoms with Gasteiger partial charge in [0.05, 0.1) is 10.7 Å². The van der Waals surface area contributed by atoms with Gasteiger partial charge >= 0.3 is 17.8 Å². The van der Waals surface area contributed by atoms with Crippen molar-refractivity contribution in [2.24, 2.45) is 5.73 Å². The Kier molecular flexibility index (Phi) is 9.56. The number of rotatable bonds is 7. The van der Waals surface area contributed by atoms with Gasteiger partial charge in [0.15, 0.2) is 11.2 Å². The van der Waals surface area contributed by atoms with E-state index in [0.29, 0.717) is 36.2 Å². The van der Waals surface area contributed by atoms with E-state index in [1.54, 1.807) is 22.8 Å². The van der Waals surface area contributed by atoms with Gasteiger partial charge < -0.3 is 21.1 Å². The van der Waals surface area contributed by atoms with Crippen molar-refractivity contribution in [3.05, 3.63) is 86.0 Å². The van der Waals surface area contributed by atoms with Gasteiger partial charge in [-0.3, -0.25) is 23.3 Å². The Morgan fingerprint density at radius 2 is 1.60 bits per heavy atom. The van der Waals surface area contributed by atoms with E-state index in [0.717, 1.165) is 23.2 Å². The molecule has 228 valence electrons. The van der Waals surface area contributed by atoms with Crippen LogP contribution in [0.1, 0.15) is 5.56 Å². The summed E-state index contributed by atoms with van der Waals surface area (Å²) in [5, 5.41) is 10.9. The number of benzene rings is 2. The summed E-state index contributed by atoms with van der Waals surface area (Å²) in [6.45, 7) is 2.50. The molecule has 2 aromatic carbocycles. The summed E-state index contributed by atoms with van der Waals surface area (Å²) in [6.07, 6.45) is -4.62. The first-order valence-corrected chi connectivity index (χ1v) is 13.4. The highest BCUT2D eigenvalue weighted by molar-refractivity contribution is 6.32. The number of nitrogens with two attached hydrogens (primary N) is 1. The summed E-state index contributed by atoms with van der Waals surface area (Å²) in [5.41, 5.74) is 6.19. The number of carbonyl (C=O) groups excluding carboxylic acids is 1. The molecule has 1 aliphatic rings. The first kappa shape index (κ1) is 31.3. The standard InChI is InChI=1S/C25H26ClN7O3.C2HF3O2/c26-18-8-4-5-9-19(18)33-21-22(29-24(33)30-14-11-28-12-15-30)32(16-20(27)34)25(36)31(23(21)35)13-10-17-6-2-1-3-7-17;3-2(4,5)1(6)7/h1-9,28H,10-16H2,(H2,27,34);(H,6,7). The first-order chi connectivity index (χ1) is 20.4. The average molecular weight is 622 g/mol. The fraction of sp³-hybridized carbons (Fsp3) is 0.296. The summed E-state index contributed by atoms with van der Waals surface area (Å²) < 4.78 is 35.8. The molecule has 43 heavy (non-hydrogen) atoms. The van der Waals surface area contributed by atoms with Gasteiger partial charge in [0.25, 0.3) is 5.56 Å². The monoisotopic (exact) mass is 621 g/mol. The number of para-hydroxylation sites is 1. The van der Waals surface area contributed by atoms with Crippen molar-refractivity contribution >= 4 is 40.6 Å². The molecule has 0 spiro atoms. The van der Waals surface area contributed by atoms with Crippen LogP contribution in [-0.2, 0) is 29.1 Å². The minimum absolute atomic E-state index is 0.105. The van der Waals surface area contributed by atoms with Crippen molar-refractivity contribution < 1.29 is 27.9 Å². The maximum atomic E-state index is 13.9. The molecule has 2 aromatic heterocycles. The molecule has 1 amide bonds. The Bertz CT molecular complexity index is 1750. The van der Waals surface area contributed by atoms with Gasteiger partial charge in [0.2, 0.25) is 11.9 Å². The lowest BCUT2D eigenvalue weighted by Crippen LogP contribution is -2.44. The fourth-order valence-electron chi connectivity index (χ4n) is 4.55. The largest absolute Gasteiger partial charge is 0.490 e. The van der Waals surface area contributed by atoms with Crippen molar-refractivity contribution in [3.63, 3.8) is 0 Å². The van der Waals surface area contributed by atoms with E-state index < -0.39 is 35.8 Å². The molecule has 12 nitrogen and oxygen atoms in total. The van der Waals surface area contributed by atoms with Crippen LogP contribution in [0.15, 0.2) is 64.2 Å². The highest BCUT2D eigenvalue weighted by atomic mass is 35.5. The quantitative estimate of drug-likeness (QED) is 0.282. The zero-order valence-electron chi connectivity index (χ0n) is 22.6. The Morgan fingerprint density at radius 1 is 1.00 bits per heavy atom. The van der Waals surface area contributed by atoms with Crippen LogP contribution in [0.25, 0.3) is 16.9 Å². The van der Waals surface area contributed by atoms with Crippen molar-refractivity contribution in [3.8, 4) is 5.69 Å². The molecule has 0 saturated carbocycles. The normalized spacial score (nSPS) is 13.4. The van der Waals surface area contributed by atoms with Crippen molar-refractivity contribution in [2.45, 2.75) is 25.7 Å². The number of fused-ring (bicyclic) bond motifs is 1. The number of alkyl halides is 3. The minimum Gasteiger partial charge on any atom is -0.475 e. The minimum atomic E-state index is -5.08. The zero-order valence-corrected chi connectivity index (χ0v) is 23.3. The van der Waals surface area contributed by atoms with Crippen LogP contribution in [0.2, 0.25) is 5.02 Å². The molecule has 4 N–H and O–H groups in total. The van der Waals surface area contributed by atoms with Crippen LogP contribution in [-0.4, -0.2) is 68.0 Å². The SMILES string of the molecule is NC(=O)Cn1c(=O)n(CCc2ccccc2)c(=O)c2c1nc(N1CCNCC1)n2-c1ccccc1Cl.O=C(O)C(F)(F)F. The molecule has 1 saturated heterocycles. The van der Waals surface area contributed by atoms with E-state index in [-0.39, 0.29) is 17.7 Å². The lowest BCUT2D eigenvalue weighted by Gasteiger charge is -2.28. The molecule has 16 heteroatoms. The van der Waals surface area contributed by atoms with Crippen LogP contribution in [0.3, 0.4) is 0 Å². The van der Waals surface area contributed by atoms with E-state index in [2.05, 4.69) is 5.32 Å². The van der Waals surface area contributed by atoms with Crippen molar-refractivity contribution in [1.29, 1.82) is 0 Å². The highest BCUT2D eigenvalue weighted by Gasteiger charge is 2.38. The lowest BCUT2D eigenvalue weighted by molar-refractivity contribution is -0.192. The summed E-state index contributed by atoms with van der Waals surface area (Å²) in [5.74, 6) is -2.98. The molecule has 0 atom stereocenters. The molecule has 0 radical (unpaired) electrons. The van der Waals surface area contributed by atoms with Crippen LogP contribution >= 0.6 is 11.6 Å². The Balaban J connectivity index is 0.000000541. The Labute approximate surface area is 246 Å². The number of hydrogen-bond acceptors (Lipinski definition) is 7. The number of aryl methyl sites for hydroxylation is 1. The van der Waals surface area contributed by atoms with Crippen LogP contribution < -0.4 is 27.2 Å². The third-order valence-electron chi connectivity index (χ3n) is 6.52. The number of carboxylic acids is 1. The second-order valence-corrected chi connectivity index (χ2v) is 9.85. The van der Waals surface area contributed by atoms with Crippen LogP contribution in [0.4, 0.5) is 19.1 Å². The molecular weight excluding hydrogens is 595 g/mol. The number of aliphatic carboxylic acids is 1. The lowest BCUT2D eigenvalue weighted by atomic mass is 10.1. The molecule has 3 heterocycles. The number of nitrogens with one attached hydrogen (secondary N) is 1. The third-order valence-corrected chi connectivity index (χ3v) is 6.84. The summed E-state index contributed by atoms with van der Waals surface area (Å²) in [4.78, 5) is 55.0. The Hall–Kier alpha value is -4.63. The molecule has 4 aromatic rings. The van der Waals surface area contributed by atoms with E-state index in [4.69, 9.17) is 32.2 Å². The number of piperazine rings is 1. The van der Waals surface area contributed by atoms with Gasteiger partial charge in [-0.2, -0.15) is 18.2 Å². The van der Waals surface area contributed by atoms with Gasteiger partial charge in [0, 0.05) is 32.7 Å². The number of aromatic nitrogens is 4. The number of imidazole rings is 1. The predicted octanol–water partition coefficient (Wildman–Crippen LogP) is 1.77. The van der Waals surface area contributed by atoms with E-state index in [1.165, 1.54) is 4.57 Å². The van der Waals surface area contributed by atoms with Crippen LogP contribution in [0, 0.1) is 0 Å². The van der Waals surface area contributed by atoms with Gasteiger partial charge in [-0.25, -0.2) is 9.59 Å². The molecule has 5 rings (SSSR count). The number of nitrogens with zero attached hydrogens (tertiary/aromatic N) is 5. The number of carbonyl (C=O) groups is 2. The first-order valence-electron chi connectivity index (χ1n) is 13.0. The smallest absolute Gasteiger partial charge is 0.475 e. The van der Waals surface area contributed by atoms with Gasteiger partial charge in [-0.15, -0.1) is 0 Å². The van der Waals surface area contributed by atoms with Gasteiger partial charge in [-0.05, 0) is 24.1 Å². The van der Waals surface area contributed by atoms with Crippen LogP contribution in [0.5, 0.6) is 0 Å². The predicted molar refractivity (Wildman–Crippen MR) is 153 cm³/mol. The van der Waals surface area contributed by atoms with Gasteiger partial charge in [-0.1, -0.05) is 54.1 Å². The maximum absolute atomic E-state index is 13.9.